The lowest BCUT2D eigenvalue weighted by Crippen LogP contribution is -2.38. The number of aromatic hydroxyl groups is 1. The Hall–Kier alpha value is -3.20. The summed E-state index contributed by atoms with van der Waals surface area (Å²) < 4.78 is 55.7. The highest BCUT2D eigenvalue weighted by atomic mass is 19.4. The second kappa shape index (κ2) is 10.6. The van der Waals surface area contributed by atoms with Gasteiger partial charge >= 0.3 is 12.1 Å². The Balaban J connectivity index is 1.33. The molecule has 1 N–H and O–H groups in total. The van der Waals surface area contributed by atoms with Crippen LogP contribution in [0.25, 0.3) is 6.08 Å². The number of phenolic OH excluding ortho intramolecular Hbond substituents is 1. The number of hydrogen-bond acceptors (Lipinski definition) is 6. The average molecular weight is 492 g/mol. The van der Waals surface area contributed by atoms with Crippen LogP contribution in [0.4, 0.5) is 13.2 Å². The van der Waals surface area contributed by atoms with E-state index < -0.39 is 17.5 Å². The number of phenols is 1. The smallest absolute Gasteiger partial charge is 0.419 e. The van der Waals surface area contributed by atoms with Crippen LogP contribution in [0.1, 0.15) is 36.5 Å². The number of rotatable bonds is 7. The number of hydrogen-bond donors (Lipinski definition) is 1. The summed E-state index contributed by atoms with van der Waals surface area (Å²) in [5.74, 6) is 0.181. The SMILES string of the molecule is CCOC(=O)C1CCN(CC2=Cc3ccc(OCc4ccc(O)c(C(F)(F)F)c4)cc3OC2)CC1. The number of piperidine rings is 1. The van der Waals surface area contributed by atoms with Crippen LogP contribution in [-0.4, -0.2) is 48.8 Å². The van der Waals surface area contributed by atoms with E-state index in [0.29, 0.717) is 30.3 Å². The first kappa shape index (κ1) is 24.9. The van der Waals surface area contributed by atoms with Gasteiger partial charge in [-0.15, -0.1) is 0 Å². The van der Waals surface area contributed by atoms with E-state index in [1.165, 1.54) is 6.07 Å². The standard InChI is InChI=1S/C26H28F3NO5/c1-2-33-25(32)19-7-9-30(10-8-19)14-18-11-20-4-5-21(13-24(20)35-16-18)34-15-17-3-6-23(31)22(12-17)26(27,28)29/h3-6,11-13,19,31H,2,7-10,14-16H2,1H3. The zero-order valence-corrected chi connectivity index (χ0v) is 19.4. The van der Waals surface area contributed by atoms with Gasteiger partial charge in [0.2, 0.25) is 0 Å². The van der Waals surface area contributed by atoms with Crippen LogP contribution in [0.3, 0.4) is 0 Å². The Kier molecular flexibility index (Phi) is 7.54. The summed E-state index contributed by atoms with van der Waals surface area (Å²) in [6, 6.07) is 8.62. The predicted octanol–water partition coefficient (Wildman–Crippen LogP) is 5.04. The second-order valence-electron chi connectivity index (χ2n) is 8.73. The molecular formula is C26H28F3NO5. The summed E-state index contributed by atoms with van der Waals surface area (Å²) in [7, 11) is 0. The van der Waals surface area contributed by atoms with Crippen LogP contribution in [0.5, 0.6) is 17.2 Å². The fourth-order valence-corrected chi connectivity index (χ4v) is 4.31. The van der Waals surface area contributed by atoms with Crippen molar-refractivity contribution in [2.24, 2.45) is 5.92 Å². The minimum atomic E-state index is -4.64. The fraction of sp³-hybridized carbons (Fsp3) is 0.423. The molecule has 1 saturated heterocycles. The van der Waals surface area contributed by atoms with Crippen LogP contribution in [-0.2, 0) is 22.3 Å². The Bertz CT molecular complexity index is 1090. The third kappa shape index (κ3) is 6.28. The van der Waals surface area contributed by atoms with Crippen LogP contribution in [0.2, 0.25) is 0 Å². The maximum Gasteiger partial charge on any atom is 0.419 e. The van der Waals surface area contributed by atoms with Crippen LogP contribution >= 0.6 is 0 Å². The molecule has 35 heavy (non-hydrogen) atoms. The number of alkyl halides is 3. The lowest BCUT2D eigenvalue weighted by Gasteiger charge is -2.32. The zero-order valence-electron chi connectivity index (χ0n) is 19.4. The first-order valence-corrected chi connectivity index (χ1v) is 11.6. The molecule has 0 amide bonds. The Morgan fingerprint density at radius 3 is 2.66 bits per heavy atom. The van der Waals surface area contributed by atoms with Gasteiger partial charge in [-0.3, -0.25) is 9.69 Å². The molecular weight excluding hydrogens is 463 g/mol. The molecule has 2 heterocycles. The lowest BCUT2D eigenvalue weighted by molar-refractivity contribution is -0.149. The van der Waals surface area contributed by atoms with E-state index in [9.17, 15) is 23.1 Å². The Morgan fingerprint density at radius 1 is 1.17 bits per heavy atom. The number of carbonyl (C=O) groups is 1. The Morgan fingerprint density at radius 2 is 1.94 bits per heavy atom. The van der Waals surface area contributed by atoms with E-state index in [2.05, 4.69) is 11.0 Å². The van der Waals surface area contributed by atoms with Crippen molar-refractivity contribution >= 4 is 12.0 Å². The molecule has 188 valence electrons. The van der Waals surface area contributed by atoms with Crippen LogP contribution < -0.4 is 9.47 Å². The molecule has 0 radical (unpaired) electrons. The van der Waals surface area contributed by atoms with Crippen molar-refractivity contribution in [1.29, 1.82) is 0 Å². The normalized spacial score (nSPS) is 16.7. The van der Waals surface area contributed by atoms with E-state index in [1.54, 1.807) is 12.1 Å². The third-order valence-electron chi connectivity index (χ3n) is 6.16. The molecule has 2 aliphatic rings. The average Bonchev–Trinajstić information content (AvgIpc) is 2.83. The molecule has 0 spiro atoms. The van der Waals surface area contributed by atoms with E-state index >= 15 is 0 Å². The summed E-state index contributed by atoms with van der Waals surface area (Å²) in [5.41, 5.74) is 1.24. The van der Waals surface area contributed by atoms with Gasteiger partial charge in [-0.25, -0.2) is 0 Å². The summed E-state index contributed by atoms with van der Waals surface area (Å²) in [4.78, 5) is 14.2. The minimum absolute atomic E-state index is 0.0245. The quantitative estimate of drug-likeness (QED) is 0.548. The largest absolute Gasteiger partial charge is 0.507 e. The predicted molar refractivity (Wildman–Crippen MR) is 123 cm³/mol. The number of carbonyl (C=O) groups excluding carboxylic acids is 1. The summed E-state index contributed by atoms with van der Waals surface area (Å²) in [6.07, 6.45) is -0.984. The second-order valence-corrected chi connectivity index (χ2v) is 8.73. The molecule has 6 nitrogen and oxygen atoms in total. The number of fused-ring (bicyclic) bond motifs is 1. The Labute approximate surface area is 201 Å². The molecule has 2 aromatic rings. The topological polar surface area (TPSA) is 68.2 Å². The zero-order chi connectivity index (χ0) is 25.0. The first-order valence-electron chi connectivity index (χ1n) is 11.6. The highest BCUT2D eigenvalue weighted by Crippen LogP contribution is 2.36. The molecule has 0 saturated carbocycles. The van der Waals surface area contributed by atoms with Gasteiger partial charge in [-0.05, 0) is 74.3 Å². The van der Waals surface area contributed by atoms with Crippen molar-refractivity contribution in [3.8, 4) is 17.2 Å². The van der Waals surface area contributed by atoms with Gasteiger partial charge in [0, 0.05) is 18.2 Å². The molecule has 0 aliphatic carbocycles. The molecule has 0 atom stereocenters. The number of likely N-dealkylation sites (tertiary alicyclic amines) is 1. The number of halogens is 3. The van der Waals surface area contributed by atoms with Crippen molar-refractivity contribution in [3.05, 3.63) is 58.7 Å². The van der Waals surface area contributed by atoms with Gasteiger partial charge in [0.1, 0.15) is 30.5 Å². The molecule has 0 unspecified atom stereocenters. The first-order chi connectivity index (χ1) is 16.7. The molecule has 4 rings (SSSR count). The number of benzene rings is 2. The summed E-state index contributed by atoms with van der Waals surface area (Å²) in [6.45, 7) is 4.99. The van der Waals surface area contributed by atoms with Crippen molar-refractivity contribution in [1.82, 2.24) is 4.90 Å². The molecule has 2 aromatic carbocycles. The van der Waals surface area contributed by atoms with Gasteiger partial charge in [0.25, 0.3) is 0 Å². The lowest BCUT2D eigenvalue weighted by atomic mass is 9.96. The molecule has 2 aliphatic heterocycles. The summed E-state index contributed by atoms with van der Waals surface area (Å²) >= 11 is 0. The van der Waals surface area contributed by atoms with E-state index in [1.807, 2.05) is 13.0 Å². The van der Waals surface area contributed by atoms with Crippen molar-refractivity contribution < 1.29 is 37.3 Å². The van der Waals surface area contributed by atoms with Crippen molar-refractivity contribution in [2.45, 2.75) is 32.5 Å². The highest BCUT2D eigenvalue weighted by molar-refractivity contribution is 5.72. The number of nitrogens with zero attached hydrogens (tertiary/aromatic N) is 1. The highest BCUT2D eigenvalue weighted by Gasteiger charge is 2.34. The van der Waals surface area contributed by atoms with Crippen molar-refractivity contribution in [3.63, 3.8) is 0 Å². The van der Waals surface area contributed by atoms with Crippen LogP contribution in [0.15, 0.2) is 42.0 Å². The number of ether oxygens (including phenoxy) is 3. The number of esters is 1. The minimum Gasteiger partial charge on any atom is -0.507 e. The maximum atomic E-state index is 13.0. The maximum absolute atomic E-state index is 13.0. The van der Waals surface area contributed by atoms with E-state index in [-0.39, 0.29) is 18.5 Å². The molecule has 9 heteroatoms. The summed E-state index contributed by atoms with van der Waals surface area (Å²) in [5, 5.41) is 9.46. The van der Waals surface area contributed by atoms with E-state index in [0.717, 1.165) is 55.7 Å². The van der Waals surface area contributed by atoms with Crippen LogP contribution in [0, 0.1) is 5.92 Å². The van der Waals surface area contributed by atoms with Gasteiger partial charge < -0.3 is 19.3 Å². The monoisotopic (exact) mass is 491 g/mol. The van der Waals surface area contributed by atoms with E-state index in [4.69, 9.17) is 14.2 Å². The third-order valence-corrected chi connectivity index (χ3v) is 6.16. The van der Waals surface area contributed by atoms with Gasteiger partial charge in [-0.2, -0.15) is 13.2 Å². The van der Waals surface area contributed by atoms with Crippen molar-refractivity contribution in [2.75, 3.05) is 32.8 Å². The molecule has 0 bridgehead atoms. The van der Waals surface area contributed by atoms with Gasteiger partial charge in [0.15, 0.2) is 0 Å². The van der Waals surface area contributed by atoms with Gasteiger partial charge in [0.05, 0.1) is 18.1 Å². The fourth-order valence-electron chi connectivity index (χ4n) is 4.31. The molecule has 0 aromatic heterocycles. The molecule has 1 fully saturated rings. The van der Waals surface area contributed by atoms with Gasteiger partial charge in [-0.1, -0.05) is 6.07 Å².